The minimum absolute atomic E-state index is 0.0196. The highest BCUT2D eigenvalue weighted by Gasteiger charge is 2.47. The number of aromatic nitrogens is 2. The summed E-state index contributed by atoms with van der Waals surface area (Å²) in [6, 6.07) is 9.69. The first-order valence-electron chi connectivity index (χ1n) is 12.5. The molecule has 0 spiro atoms. The van der Waals surface area contributed by atoms with Crippen LogP contribution in [-0.4, -0.2) is 52.8 Å². The van der Waals surface area contributed by atoms with Crippen molar-refractivity contribution in [3.63, 3.8) is 0 Å². The maximum absolute atomic E-state index is 15.1. The van der Waals surface area contributed by atoms with Crippen molar-refractivity contribution < 1.29 is 22.7 Å². The minimum atomic E-state index is -3.00. The van der Waals surface area contributed by atoms with Crippen LogP contribution in [0.2, 0.25) is 0 Å². The summed E-state index contributed by atoms with van der Waals surface area (Å²) < 4.78 is 50.3. The summed E-state index contributed by atoms with van der Waals surface area (Å²) in [6.07, 6.45) is 0.218. The Hall–Kier alpha value is -3.57. The molecule has 1 saturated heterocycles. The Morgan fingerprint density at radius 3 is 2.55 bits per heavy atom. The number of amides is 1. The molecule has 1 fully saturated rings. The molecule has 4 rings (SSSR count). The van der Waals surface area contributed by atoms with Gasteiger partial charge in [0.05, 0.1) is 24.9 Å². The number of anilines is 1. The molecule has 1 aliphatic rings. The van der Waals surface area contributed by atoms with Crippen LogP contribution in [-0.2, 0) is 13.1 Å². The average Bonchev–Trinajstić information content (AvgIpc) is 3.22. The van der Waals surface area contributed by atoms with Crippen molar-refractivity contribution in [2.45, 2.75) is 51.4 Å². The van der Waals surface area contributed by atoms with Crippen LogP contribution < -0.4 is 21.5 Å². The van der Waals surface area contributed by atoms with Gasteiger partial charge in [0.1, 0.15) is 23.4 Å². The van der Waals surface area contributed by atoms with Crippen LogP contribution in [0, 0.1) is 5.82 Å². The summed E-state index contributed by atoms with van der Waals surface area (Å²) >= 11 is 0. The second-order valence-corrected chi connectivity index (χ2v) is 9.72. The first-order valence-corrected chi connectivity index (χ1v) is 12.5. The largest absolute Gasteiger partial charge is 0.496 e. The van der Waals surface area contributed by atoms with E-state index in [1.807, 2.05) is 13.8 Å². The fourth-order valence-corrected chi connectivity index (χ4v) is 4.76. The SMILES string of the molecule is COc1ccc(F)cc1C(=O)NCc1ccc(-c2nn(C3CCN(C(C)C)CC3(F)F)c(N)c2CN)cc1. The Balaban J connectivity index is 1.52. The second kappa shape index (κ2) is 11.0. The van der Waals surface area contributed by atoms with Gasteiger partial charge in [-0.25, -0.2) is 17.9 Å². The molecule has 1 aliphatic heterocycles. The number of alkyl halides is 2. The van der Waals surface area contributed by atoms with Crippen molar-refractivity contribution >= 4 is 11.7 Å². The molecule has 2 heterocycles. The lowest BCUT2D eigenvalue weighted by Crippen LogP contribution is -2.51. The second-order valence-electron chi connectivity index (χ2n) is 9.72. The van der Waals surface area contributed by atoms with E-state index in [1.165, 1.54) is 23.9 Å². The van der Waals surface area contributed by atoms with E-state index in [0.29, 0.717) is 23.4 Å². The number of carbonyl (C=O) groups excluding carboxylic acids is 1. The maximum Gasteiger partial charge on any atom is 0.282 e. The number of carbonyl (C=O) groups is 1. The van der Waals surface area contributed by atoms with Gasteiger partial charge in [0.15, 0.2) is 0 Å². The predicted octanol–water partition coefficient (Wildman–Crippen LogP) is 3.96. The summed E-state index contributed by atoms with van der Waals surface area (Å²) in [5.74, 6) is -3.62. The summed E-state index contributed by atoms with van der Waals surface area (Å²) in [5, 5.41) is 7.25. The molecule has 11 heteroatoms. The number of hydrogen-bond donors (Lipinski definition) is 3. The topological polar surface area (TPSA) is 111 Å². The third-order valence-corrected chi connectivity index (χ3v) is 6.96. The highest BCUT2D eigenvalue weighted by atomic mass is 19.3. The third-order valence-electron chi connectivity index (χ3n) is 6.96. The molecule has 0 bridgehead atoms. The van der Waals surface area contributed by atoms with Crippen molar-refractivity contribution in [3.8, 4) is 17.0 Å². The number of nitrogens with two attached hydrogens (primary N) is 2. The monoisotopic (exact) mass is 530 g/mol. The molecule has 204 valence electrons. The Bertz CT molecular complexity index is 1290. The molecular formula is C27H33F3N6O2. The van der Waals surface area contributed by atoms with E-state index >= 15 is 8.78 Å². The third kappa shape index (κ3) is 5.48. The van der Waals surface area contributed by atoms with E-state index in [1.54, 1.807) is 29.2 Å². The number of halogens is 3. The van der Waals surface area contributed by atoms with Gasteiger partial charge >= 0.3 is 0 Å². The fourth-order valence-electron chi connectivity index (χ4n) is 4.76. The summed E-state index contributed by atoms with van der Waals surface area (Å²) in [5.41, 5.74) is 14.7. The number of nitrogens with one attached hydrogen (secondary N) is 1. The number of nitrogen functional groups attached to an aromatic ring is 1. The Morgan fingerprint density at radius 2 is 1.95 bits per heavy atom. The number of rotatable bonds is 8. The van der Waals surface area contributed by atoms with Crippen LogP contribution in [0.1, 0.15) is 47.8 Å². The highest BCUT2D eigenvalue weighted by molar-refractivity contribution is 5.96. The number of likely N-dealkylation sites (tertiary alicyclic amines) is 1. The first kappa shape index (κ1) is 27.5. The molecule has 2 aromatic carbocycles. The van der Waals surface area contributed by atoms with Crippen LogP contribution in [0.5, 0.6) is 5.75 Å². The number of hydrogen-bond acceptors (Lipinski definition) is 6. The van der Waals surface area contributed by atoms with E-state index in [0.717, 1.165) is 11.6 Å². The van der Waals surface area contributed by atoms with Gasteiger partial charge < -0.3 is 21.5 Å². The van der Waals surface area contributed by atoms with Gasteiger partial charge in [-0.2, -0.15) is 5.10 Å². The normalized spacial score (nSPS) is 17.5. The van der Waals surface area contributed by atoms with Crippen LogP contribution >= 0.6 is 0 Å². The van der Waals surface area contributed by atoms with Gasteiger partial charge in [-0.3, -0.25) is 9.69 Å². The number of ether oxygens (including phenoxy) is 1. The smallest absolute Gasteiger partial charge is 0.282 e. The molecule has 1 aromatic heterocycles. The van der Waals surface area contributed by atoms with Gasteiger partial charge in [0.25, 0.3) is 11.8 Å². The van der Waals surface area contributed by atoms with Crippen LogP contribution in [0.3, 0.4) is 0 Å². The van der Waals surface area contributed by atoms with Gasteiger partial charge in [0, 0.05) is 36.8 Å². The molecule has 3 aromatic rings. The van der Waals surface area contributed by atoms with Gasteiger partial charge in [0.2, 0.25) is 0 Å². The van der Waals surface area contributed by atoms with Crippen LogP contribution in [0.4, 0.5) is 19.0 Å². The van der Waals surface area contributed by atoms with E-state index in [9.17, 15) is 9.18 Å². The quantitative estimate of drug-likeness (QED) is 0.407. The fraction of sp³-hybridized carbons (Fsp3) is 0.407. The predicted molar refractivity (Wildman–Crippen MR) is 139 cm³/mol. The van der Waals surface area contributed by atoms with E-state index in [-0.39, 0.29) is 49.2 Å². The van der Waals surface area contributed by atoms with Crippen molar-refractivity contribution in [3.05, 3.63) is 65.0 Å². The number of methoxy groups -OCH3 is 1. The van der Waals surface area contributed by atoms with E-state index in [2.05, 4.69) is 10.4 Å². The molecule has 1 amide bonds. The molecule has 0 saturated carbocycles. The molecule has 1 atom stereocenters. The van der Waals surface area contributed by atoms with E-state index < -0.39 is 23.7 Å². The standard InChI is InChI=1S/C27H33F3N6O2/c1-16(2)35-11-10-23(27(29,30)15-35)36-25(32)21(13-31)24(34-36)18-6-4-17(5-7-18)14-33-26(37)20-12-19(28)8-9-22(20)38-3/h4-9,12,16,23H,10-11,13-15,31-32H2,1-3H3,(H,33,37). The van der Waals surface area contributed by atoms with Crippen LogP contribution in [0.15, 0.2) is 42.5 Å². The van der Waals surface area contributed by atoms with Gasteiger partial charge in [-0.05, 0) is 44.0 Å². The first-order chi connectivity index (χ1) is 18.1. The molecule has 1 unspecified atom stereocenters. The molecule has 0 aliphatic carbocycles. The summed E-state index contributed by atoms with van der Waals surface area (Å²) in [4.78, 5) is 14.3. The number of benzene rings is 2. The Labute approximate surface area is 219 Å². The maximum atomic E-state index is 15.1. The van der Waals surface area contributed by atoms with Crippen LogP contribution in [0.25, 0.3) is 11.3 Å². The van der Waals surface area contributed by atoms with Crippen molar-refractivity contribution in [2.24, 2.45) is 5.73 Å². The Kier molecular flexibility index (Phi) is 7.98. The lowest BCUT2D eigenvalue weighted by Gasteiger charge is -2.40. The minimum Gasteiger partial charge on any atom is -0.496 e. The molecule has 8 nitrogen and oxygen atoms in total. The van der Waals surface area contributed by atoms with Crippen molar-refractivity contribution in [1.82, 2.24) is 20.0 Å². The average molecular weight is 531 g/mol. The lowest BCUT2D eigenvalue weighted by molar-refractivity contribution is -0.112. The molecular weight excluding hydrogens is 497 g/mol. The zero-order valence-corrected chi connectivity index (χ0v) is 21.7. The zero-order valence-electron chi connectivity index (χ0n) is 21.7. The molecule has 5 N–H and O–H groups in total. The zero-order chi connectivity index (χ0) is 27.6. The lowest BCUT2D eigenvalue weighted by atomic mass is 9.99. The molecule has 38 heavy (non-hydrogen) atoms. The van der Waals surface area contributed by atoms with Crippen molar-refractivity contribution in [1.29, 1.82) is 0 Å². The van der Waals surface area contributed by atoms with Gasteiger partial charge in [-0.1, -0.05) is 24.3 Å². The van der Waals surface area contributed by atoms with Crippen molar-refractivity contribution in [2.75, 3.05) is 25.9 Å². The molecule has 0 radical (unpaired) electrons. The Morgan fingerprint density at radius 1 is 1.24 bits per heavy atom. The number of nitrogens with zero attached hydrogens (tertiary/aromatic N) is 3. The summed E-state index contributed by atoms with van der Waals surface area (Å²) in [6.45, 7) is 4.19. The van der Waals surface area contributed by atoms with Gasteiger partial charge in [-0.15, -0.1) is 0 Å². The number of piperidine rings is 1. The summed E-state index contributed by atoms with van der Waals surface area (Å²) in [7, 11) is 1.40. The van der Waals surface area contributed by atoms with E-state index in [4.69, 9.17) is 16.2 Å². The highest BCUT2D eigenvalue weighted by Crippen LogP contribution is 2.40.